The van der Waals surface area contributed by atoms with Crippen LogP contribution in [0.15, 0.2) is 12.1 Å². The van der Waals surface area contributed by atoms with Gasteiger partial charge in [-0.1, -0.05) is 11.6 Å². The van der Waals surface area contributed by atoms with Crippen LogP contribution in [0.25, 0.3) is 0 Å². The van der Waals surface area contributed by atoms with Gasteiger partial charge in [-0.15, -0.1) is 0 Å². The average Bonchev–Trinajstić information content (AvgIpc) is 3.17. The van der Waals surface area contributed by atoms with Crippen molar-refractivity contribution in [2.45, 2.75) is 25.3 Å². The Hall–Kier alpha value is -1.20. The average molecular weight is 289 g/mol. The molecule has 104 valence electrons. The van der Waals surface area contributed by atoms with E-state index in [0.717, 1.165) is 25.0 Å². The molecule has 0 aromatic heterocycles. The summed E-state index contributed by atoms with van der Waals surface area (Å²) >= 11 is 5.44. The molecule has 0 heterocycles. The van der Waals surface area contributed by atoms with Crippen molar-refractivity contribution in [2.24, 2.45) is 11.7 Å². The first-order valence-corrected chi connectivity index (χ1v) is 6.42. The van der Waals surface area contributed by atoms with Gasteiger partial charge >= 0.3 is 0 Å². The van der Waals surface area contributed by atoms with Crippen molar-refractivity contribution in [2.75, 3.05) is 6.54 Å². The SMILES string of the molecule is CC(CN)(NC(=O)c1cc(F)c(Cl)cc1F)C1CC1. The fourth-order valence-electron chi connectivity index (χ4n) is 2.06. The lowest BCUT2D eigenvalue weighted by Gasteiger charge is -2.29. The fourth-order valence-corrected chi connectivity index (χ4v) is 2.21. The monoisotopic (exact) mass is 288 g/mol. The number of carbonyl (C=O) groups is 1. The van der Waals surface area contributed by atoms with Crippen LogP contribution in [0.3, 0.4) is 0 Å². The highest BCUT2D eigenvalue weighted by Gasteiger charge is 2.41. The highest BCUT2D eigenvalue weighted by molar-refractivity contribution is 6.30. The van der Waals surface area contributed by atoms with Crippen molar-refractivity contribution in [1.82, 2.24) is 5.32 Å². The van der Waals surface area contributed by atoms with Crippen molar-refractivity contribution in [3.8, 4) is 0 Å². The second-order valence-electron chi connectivity index (χ2n) is 5.10. The third-order valence-electron chi connectivity index (χ3n) is 3.56. The van der Waals surface area contributed by atoms with Crippen LogP contribution in [0.4, 0.5) is 8.78 Å². The predicted octanol–water partition coefficient (Wildman–Crippen LogP) is 2.48. The maximum Gasteiger partial charge on any atom is 0.254 e. The summed E-state index contributed by atoms with van der Waals surface area (Å²) in [6.07, 6.45) is 1.96. The Kier molecular flexibility index (Phi) is 3.78. The normalized spacial score (nSPS) is 17.9. The molecule has 1 amide bonds. The summed E-state index contributed by atoms with van der Waals surface area (Å²) in [5.74, 6) is -2.05. The highest BCUT2D eigenvalue weighted by atomic mass is 35.5. The predicted molar refractivity (Wildman–Crippen MR) is 69.0 cm³/mol. The molecular weight excluding hydrogens is 274 g/mol. The summed E-state index contributed by atoms with van der Waals surface area (Å²) in [4.78, 5) is 12.0. The number of hydrogen-bond acceptors (Lipinski definition) is 2. The summed E-state index contributed by atoms with van der Waals surface area (Å²) in [5, 5.41) is 2.35. The van der Waals surface area contributed by atoms with Crippen LogP contribution in [-0.4, -0.2) is 18.0 Å². The topological polar surface area (TPSA) is 55.1 Å². The van der Waals surface area contributed by atoms with E-state index in [1.807, 2.05) is 6.92 Å². The van der Waals surface area contributed by atoms with E-state index in [4.69, 9.17) is 17.3 Å². The summed E-state index contributed by atoms with van der Waals surface area (Å²) in [7, 11) is 0. The summed E-state index contributed by atoms with van der Waals surface area (Å²) < 4.78 is 26.9. The van der Waals surface area contributed by atoms with E-state index in [-0.39, 0.29) is 17.1 Å². The molecule has 1 aromatic carbocycles. The molecule has 1 aromatic rings. The van der Waals surface area contributed by atoms with E-state index in [1.54, 1.807) is 0 Å². The Balaban J connectivity index is 2.22. The van der Waals surface area contributed by atoms with Crippen LogP contribution in [-0.2, 0) is 0 Å². The number of hydrogen-bond donors (Lipinski definition) is 2. The molecule has 1 aliphatic carbocycles. The van der Waals surface area contributed by atoms with Gasteiger partial charge in [0.2, 0.25) is 0 Å². The molecule has 0 bridgehead atoms. The van der Waals surface area contributed by atoms with E-state index in [1.165, 1.54) is 0 Å². The lowest BCUT2D eigenvalue weighted by molar-refractivity contribution is 0.0893. The quantitative estimate of drug-likeness (QED) is 0.836. The molecule has 0 aliphatic heterocycles. The lowest BCUT2D eigenvalue weighted by Crippen LogP contribution is -2.53. The van der Waals surface area contributed by atoms with Gasteiger partial charge in [0, 0.05) is 6.54 Å². The Morgan fingerprint density at radius 2 is 2.11 bits per heavy atom. The first kappa shape index (κ1) is 14.2. The standard InChI is InChI=1S/C13H15ClF2N2O/c1-13(6-17,7-2-3-7)18-12(19)8-4-11(16)9(14)5-10(8)15/h4-5,7H,2-3,6,17H2,1H3,(H,18,19). The largest absolute Gasteiger partial charge is 0.345 e. The molecule has 19 heavy (non-hydrogen) atoms. The van der Waals surface area contributed by atoms with E-state index in [0.29, 0.717) is 5.92 Å². The van der Waals surface area contributed by atoms with Crippen molar-refractivity contribution < 1.29 is 13.6 Å². The Morgan fingerprint density at radius 1 is 1.47 bits per heavy atom. The van der Waals surface area contributed by atoms with Crippen LogP contribution < -0.4 is 11.1 Å². The van der Waals surface area contributed by atoms with Crippen LogP contribution >= 0.6 is 11.6 Å². The van der Waals surface area contributed by atoms with Gasteiger partial charge in [0.25, 0.3) is 5.91 Å². The third-order valence-corrected chi connectivity index (χ3v) is 3.85. The maximum atomic E-state index is 13.6. The number of nitrogens with two attached hydrogens (primary N) is 1. The molecule has 0 radical (unpaired) electrons. The zero-order valence-corrected chi connectivity index (χ0v) is 11.2. The van der Waals surface area contributed by atoms with Gasteiger partial charge in [0.1, 0.15) is 11.6 Å². The van der Waals surface area contributed by atoms with Crippen LogP contribution in [0.2, 0.25) is 5.02 Å². The van der Waals surface area contributed by atoms with Gasteiger partial charge in [-0.25, -0.2) is 8.78 Å². The number of amides is 1. The second kappa shape index (κ2) is 5.06. The van der Waals surface area contributed by atoms with Gasteiger partial charge in [0.15, 0.2) is 0 Å². The number of halogens is 3. The smallest absolute Gasteiger partial charge is 0.254 e. The fraction of sp³-hybridized carbons (Fsp3) is 0.462. The molecule has 0 spiro atoms. The Labute approximate surface area is 115 Å². The third kappa shape index (κ3) is 2.87. The molecule has 1 aliphatic rings. The number of benzene rings is 1. The van der Waals surface area contributed by atoms with Crippen LogP contribution in [0.5, 0.6) is 0 Å². The zero-order valence-electron chi connectivity index (χ0n) is 10.5. The van der Waals surface area contributed by atoms with Crippen molar-refractivity contribution in [3.05, 3.63) is 34.4 Å². The Bertz CT molecular complexity index is 520. The molecule has 3 N–H and O–H groups in total. The molecule has 0 saturated heterocycles. The molecule has 1 unspecified atom stereocenters. The van der Waals surface area contributed by atoms with Gasteiger partial charge < -0.3 is 11.1 Å². The first-order valence-electron chi connectivity index (χ1n) is 6.04. The van der Waals surface area contributed by atoms with Gasteiger partial charge in [0.05, 0.1) is 16.1 Å². The van der Waals surface area contributed by atoms with E-state index in [2.05, 4.69) is 5.32 Å². The number of nitrogens with one attached hydrogen (secondary N) is 1. The molecule has 1 fully saturated rings. The molecule has 2 rings (SSSR count). The Morgan fingerprint density at radius 3 is 2.63 bits per heavy atom. The van der Waals surface area contributed by atoms with Gasteiger partial charge in [-0.3, -0.25) is 4.79 Å². The first-order chi connectivity index (χ1) is 8.87. The zero-order chi connectivity index (χ0) is 14.2. The number of rotatable bonds is 4. The minimum atomic E-state index is -0.848. The van der Waals surface area contributed by atoms with E-state index >= 15 is 0 Å². The minimum Gasteiger partial charge on any atom is -0.345 e. The van der Waals surface area contributed by atoms with Crippen molar-refractivity contribution in [1.29, 1.82) is 0 Å². The second-order valence-corrected chi connectivity index (χ2v) is 5.50. The van der Waals surface area contributed by atoms with Gasteiger partial charge in [-0.05, 0) is 37.8 Å². The minimum absolute atomic E-state index is 0.251. The van der Waals surface area contributed by atoms with E-state index in [9.17, 15) is 13.6 Å². The summed E-state index contributed by atoms with van der Waals surface area (Å²) in [6.45, 7) is 2.06. The summed E-state index contributed by atoms with van der Waals surface area (Å²) in [6, 6.07) is 1.60. The van der Waals surface area contributed by atoms with E-state index < -0.39 is 23.1 Å². The summed E-state index contributed by atoms with van der Waals surface area (Å²) in [5.41, 5.74) is 4.72. The highest BCUT2D eigenvalue weighted by Crippen LogP contribution is 2.39. The molecule has 6 heteroatoms. The molecule has 3 nitrogen and oxygen atoms in total. The maximum absolute atomic E-state index is 13.6. The van der Waals surface area contributed by atoms with Crippen LogP contribution in [0, 0.1) is 17.6 Å². The van der Waals surface area contributed by atoms with Gasteiger partial charge in [-0.2, -0.15) is 0 Å². The molecule has 1 saturated carbocycles. The van der Waals surface area contributed by atoms with Crippen LogP contribution in [0.1, 0.15) is 30.1 Å². The number of carbonyl (C=O) groups excluding carboxylic acids is 1. The van der Waals surface area contributed by atoms with Crippen molar-refractivity contribution >= 4 is 17.5 Å². The molecular formula is C13H15ClF2N2O. The van der Waals surface area contributed by atoms with Crippen molar-refractivity contribution in [3.63, 3.8) is 0 Å². The molecule has 1 atom stereocenters. The lowest BCUT2D eigenvalue weighted by atomic mass is 9.95.